The predicted octanol–water partition coefficient (Wildman–Crippen LogP) is 5.75. The molecule has 10 nitrogen and oxygen atoms in total. The van der Waals surface area contributed by atoms with Crippen LogP contribution < -0.4 is 15.0 Å². The summed E-state index contributed by atoms with van der Waals surface area (Å²) in [5, 5.41) is 2.11. The minimum atomic E-state index is -0.889. The Morgan fingerprint density at radius 1 is 0.938 bits per heavy atom. The Balaban J connectivity index is 1.33. The normalized spacial score (nSPS) is 20.1. The molecule has 3 aliphatic heterocycles. The van der Waals surface area contributed by atoms with Crippen molar-refractivity contribution in [1.82, 2.24) is 10.2 Å². The lowest BCUT2D eigenvalue weighted by Crippen LogP contribution is -2.70. The van der Waals surface area contributed by atoms with Gasteiger partial charge in [0.15, 0.2) is 6.10 Å². The van der Waals surface area contributed by atoms with Crippen LogP contribution in [0.1, 0.15) is 44.4 Å². The fourth-order valence-corrected chi connectivity index (χ4v) is 7.20. The number of fused-ring (bicyclic) bond motifs is 1. The van der Waals surface area contributed by atoms with E-state index in [1.54, 1.807) is 51.0 Å². The van der Waals surface area contributed by atoms with Gasteiger partial charge in [-0.2, -0.15) is 0 Å². The number of hydrogen-bond acceptors (Lipinski definition) is 8. The third kappa shape index (κ3) is 6.82. The Hall–Kier alpha value is -5.03. The van der Waals surface area contributed by atoms with Gasteiger partial charge < -0.3 is 24.4 Å². The Morgan fingerprint density at radius 3 is 2.15 bits per heavy atom. The number of carbonyl (C=O) groups excluding carboxylic acids is 4. The molecule has 0 unspecified atom stereocenters. The number of methoxy groups -OCH3 is 1. The maximum atomic E-state index is 14.3. The molecule has 48 heavy (non-hydrogen) atoms. The molecule has 11 heteroatoms. The van der Waals surface area contributed by atoms with Gasteiger partial charge in [0, 0.05) is 23.6 Å². The Morgan fingerprint density at radius 2 is 1.56 bits per heavy atom. The highest BCUT2D eigenvalue weighted by Gasteiger charge is 2.55. The van der Waals surface area contributed by atoms with Gasteiger partial charge in [0.05, 0.1) is 7.11 Å². The zero-order valence-electron chi connectivity index (χ0n) is 27.2. The third-order valence-electron chi connectivity index (χ3n) is 8.15. The van der Waals surface area contributed by atoms with Crippen molar-refractivity contribution in [2.45, 2.75) is 50.3 Å². The van der Waals surface area contributed by atoms with Crippen LogP contribution in [-0.2, 0) is 23.9 Å². The van der Waals surface area contributed by atoms with E-state index in [0.717, 1.165) is 16.8 Å². The number of amides is 3. The number of anilines is 1. The van der Waals surface area contributed by atoms with Crippen molar-refractivity contribution >= 4 is 41.3 Å². The molecule has 3 aromatic rings. The molecule has 3 heterocycles. The summed E-state index contributed by atoms with van der Waals surface area (Å²) >= 11 is 1.40. The second-order valence-electron chi connectivity index (χ2n) is 12.6. The molecule has 3 aromatic carbocycles. The molecular formula is C37H37N3O7S. The van der Waals surface area contributed by atoms with Gasteiger partial charge in [-0.1, -0.05) is 60.7 Å². The van der Waals surface area contributed by atoms with E-state index in [0.29, 0.717) is 35.6 Å². The number of nitrogens with zero attached hydrogens (tertiary/aromatic N) is 2. The summed E-state index contributed by atoms with van der Waals surface area (Å²) in [4.78, 5) is 57.2. The summed E-state index contributed by atoms with van der Waals surface area (Å²) in [5.74, 6) is -0.350. The van der Waals surface area contributed by atoms with Crippen molar-refractivity contribution in [1.29, 1.82) is 0 Å². The van der Waals surface area contributed by atoms with Gasteiger partial charge in [-0.15, -0.1) is 11.8 Å². The van der Waals surface area contributed by atoms with Crippen LogP contribution in [0.3, 0.4) is 0 Å². The van der Waals surface area contributed by atoms with Crippen molar-refractivity contribution in [3.63, 3.8) is 0 Å². The standard InChI is InChI=1S/C37H37N3O7S/c1-37(2,3)47-36(44)38-29-33(42)40-30(35(43)46-31(23-11-7-5-8-12-23)24-13-9-6-10-14-24)26(22-48-34(29)40)21-25-19-20-39(32(25)41)27-15-17-28(45-4)18-16-27/h5-18,21,29,31,34H,19-20,22H2,1-4H3,(H,38,44)/t29-,34-/m1/s1. The maximum absolute atomic E-state index is 14.3. The second-order valence-corrected chi connectivity index (χ2v) is 13.7. The van der Waals surface area contributed by atoms with Crippen LogP contribution in [0.4, 0.5) is 10.5 Å². The monoisotopic (exact) mass is 667 g/mol. The first kappa shape index (κ1) is 32.9. The van der Waals surface area contributed by atoms with Crippen molar-refractivity contribution in [2.75, 3.05) is 24.3 Å². The highest BCUT2D eigenvalue weighted by Crippen LogP contribution is 2.43. The zero-order chi connectivity index (χ0) is 34.0. The van der Waals surface area contributed by atoms with Crippen molar-refractivity contribution < 1.29 is 33.4 Å². The number of ether oxygens (including phenoxy) is 3. The summed E-state index contributed by atoms with van der Waals surface area (Å²) in [6.07, 6.45) is 0.705. The van der Waals surface area contributed by atoms with E-state index < -0.39 is 41.1 Å². The average Bonchev–Trinajstić information content (AvgIpc) is 3.44. The van der Waals surface area contributed by atoms with E-state index in [1.165, 1.54) is 16.7 Å². The molecule has 0 spiro atoms. The molecule has 2 saturated heterocycles. The molecule has 1 N–H and O–H groups in total. The molecule has 2 fully saturated rings. The second kappa shape index (κ2) is 13.6. The lowest BCUT2D eigenvalue weighted by Gasteiger charge is -2.49. The number of esters is 1. The van der Waals surface area contributed by atoms with E-state index >= 15 is 0 Å². The minimum absolute atomic E-state index is 0.0612. The highest BCUT2D eigenvalue weighted by molar-refractivity contribution is 8.00. The SMILES string of the molecule is COc1ccc(N2CCC(=CC3=C(C(=O)OC(c4ccccc4)c4ccccc4)N4C(=O)[C@@H](NC(=O)OC(C)(C)C)[C@H]4SC3)C2=O)cc1. The number of allylic oxidation sites excluding steroid dienone is 1. The van der Waals surface area contributed by atoms with Crippen molar-refractivity contribution in [3.05, 3.63) is 119 Å². The fourth-order valence-electron chi connectivity index (χ4n) is 5.89. The fraction of sp³-hybridized carbons (Fsp3) is 0.297. The average molecular weight is 668 g/mol. The van der Waals surface area contributed by atoms with Gasteiger partial charge in [0.1, 0.15) is 28.5 Å². The number of thioether (sulfide) groups is 1. The summed E-state index contributed by atoms with van der Waals surface area (Å²) in [6, 6.07) is 25.1. The van der Waals surface area contributed by atoms with Crippen LogP contribution in [-0.4, -0.2) is 65.2 Å². The van der Waals surface area contributed by atoms with E-state index in [-0.39, 0.29) is 11.6 Å². The third-order valence-corrected chi connectivity index (χ3v) is 9.45. The first-order valence-corrected chi connectivity index (χ1v) is 16.7. The number of β-lactam (4-membered cyclic amide) rings is 1. The number of benzene rings is 3. The molecule has 248 valence electrons. The van der Waals surface area contributed by atoms with Crippen LogP contribution in [0, 0.1) is 0 Å². The minimum Gasteiger partial charge on any atom is -0.497 e. The summed E-state index contributed by atoms with van der Waals surface area (Å²) in [7, 11) is 1.58. The van der Waals surface area contributed by atoms with E-state index in [2.05, 4.69) is 5.32 Å². The van der Waals surface area contributed by atoms with Crippen LogP contribution in [0.5, 0.6) is 5.75 Å². The Labute approximate surface area is 283 Å². The van der Waals surface area contributed by atoms with Crippen LogP contribution in [0.2, 0.25) is 0 Å². The van der Waals surface area contributed by atoms with Crippen LogP contribution in [0.25, 0.3) is 0 Å². The number of carbonyl (C=O) groups is 4. The first-order valence-electron chi connectivity index (χ1n) is 15.7. The first-order chi connectivity index (χ1) is 23.0. The molecule has 0 aromatic heterocycles. The summed E-state index contributed by atoms with van der Waals surface area (Å²) in [6.45, 7) is 5.69. The molecule has 0 saturated carbocycles. The number of hydrogen-bond donors (Lipinski definition) is 1. The Kier molecular flexibility index (Phi) is 9.32. The summed E-state index contributed by atoms with van der Waals surface area (Å²) in [5.41, 5.74) is 2.60. The van der Waals surface area contributed by atoms with Crippen LogP contribution in [0.15, 0.2) is 108 Å². The van der Waals surface area contributed by atoms with Gasteiger partial charge in [-0.3, -0.25) is 14.5 Å². The van der Waals surface area contributed by atoms with Gasteiger partial charge in [-0.25, -0.2) is 9.59 Å². The lowest BCUT2D eigenvalue weighted by molar-refractivity contribution is -0.153. The zero-order valence-corrected chi connectivity index (χ0v) is 28.0. The van der Waals surface area contributed by atoms with Crippen LogP contribution >= 0.6 is 11.8 Å². The number of rotatable bonds is 8. The molecule has 6 rings (SSSR count). The van der Waals surface area contributed by atoms with Gasteiger partial charge in [-0.05, 0) is 74.2 Å². The van der Waals surface area contributed by atoms with Gasteiger partial charge in [0.25, 0.3) is 11.8 Å². The summed E-state index contributed by atoms with van der Waals surface area (Å²) < 4.78 is 16.9. The number of alkyl carbamates (subject to hydrolysis) is 1. The van der Waals surface area contributed by atoms with Gasteiger partial charge >= 0.3 is 12.1 Å². The van der Waals surface area contributed by atoms with Crippen molar-refractivity contribution in [3.8, 4) is 5.75 Å². The highest BCUT2D eigenvalue weighted by atomic mass is 32.2. The molecule has 0 aliphatic carbocycles. The molecule has 0 bridgehead atoms. The molecule has 2 atom stereocenters. The number of nitrogens with one attached hydrogen (secondary N) is 1. The molecule has 0 radical (unpaired) electrons. The van der Waals surface area contributed by atoms with E-state index in [9.17, 15) is 19.2 Å². The lowest BCUT2D eigenvalue weighted by atomic mass is 10.00. The predicted molar refractivity (Wildman–Crippen MR) is 182 cm³/mol. The smallest absolute Gasteiger partial charge is 0.408 e. The molecule has 3 amide bonds. The quantitative estimate of drug-likeness (QED) is 0.184. The largest absolute Gasteiger partial charge is 0.497 e. The molecular weight excluding hydrogens is 630 g/mol. The molecule has 3 aliphatic rings. The Bertz CT molecular complexity index is 1730. The maximum Gasteiger partial charge on any atom is 0.408 e. The van der Waals surface area contributed by atoms with Crippen molar-refractivity contribution in [2.24, 2.45) is 0 Å². The van der Waals surface area contributed by atoms with E-state index in [4.69, 9.17) is 14.2 Å². The van der Waals surface area contributed by atoms with E-state index in [1.807, 2.05) is 72.8 Å². The van der Waals surface area contributed by atoms with Gasteiger partial charge in [0.2, 0.25) is 0 Å². The topological polar surface area (TPSA) is 114 Å².